The average molecular weight is 256 g/mol. The van der Waals surface area contributed by atoms with Gasteiger partial charge in [0.25, 0.3) is 0 Å². The van der Waals surface area contributed by atoms with Gasteiger partial charge in [-0.25, -0.2) is 0 Å². The molecule has 0 aliphatic rings. The summed E-state index contributed by atoms with van der Waals surface area (Å²) in [6, 6.07) is 18.3. The molecule has 2 rings (SSSR count). The van der Waals surface area contributed by atoms with Crippen LogP contribution in [0.3, 0.4) is 0 Å². The van der Waals surface area contributed by atoms with Gasteiger partial charge in [-0.2, -0.15) is 0 Å². The Morgan fingerprint density at radius 1 is 0.944 bits per heavy atom. The maximum atomic E-state index is 8.95. The Kier molecular flexibility index (Phi) is 5.06. The van der Waals surface area contributed by atoms with Crippen LogP contribution in [0.4, 0.5) is 0 Å². The first kappa shape index (κ1) is 12.9. The number of aliphatic hydroxyl groups is 1. The second-order valence-electron chi connectivity index (χ2n) is 3.93. The Hall–Kier alpha value is -1.51. The molecule has 0 fully saturated rings. The van der Waals surface area contributed by atoms with Crippen molar-refractivity contribution in [2.24, 2.45) is 0 Å². The van der Waals surface area contributed by atoms with Crippen molar-refractivity contribution >= 4 is 17.8 Å². The highest BCUT2D eigenvalue weighted by Crippen LogP contribution is 2.18. The standard InChI is InChI=1S/C16H16OS/c17-13-15-8-10-16(11-9-15)18-12-4-7-14-5-2-1-3-6-14/h1-11,17H,12-13H2/b7-4+. The van der Waals surface area contributed by atoms with Crippen molar-refractivity contribution in [2.45, 2.75) is 11.5 Å². The van der Waals surface area contributed by atoms with E-state index < -0.39 is 0 Å². The number of hydrogen-bond donors (Lipinski definition) is 1. The molecule has 0 saturated carbocycles. The largest absolute Gasteiger partial charge is 0.392 e. The fourth-order valence-electron chi connectivity index (χ4n) is 1.58. The molecule has 0 amide bonds. The Labute approximate surface area is 112 Å². The third-order valence-corrected chi connectivity index (χ3v) is 3.53. The Morgan fingerprint density at radius 2 is 1.67 bits per heavy atom. The van der Waals surface area contributed by atoms with Crippen LogP contribution in [0.5, 0.6) is 0 Å². The van der Waals surface area contributed by atoms with Crippen LogP contribution in [0.25, 0.3) is 6.08 Å². The van der Waals surface area contributed by atoms with Gasteiger partial charge in [-0.05, 0) is 23.3 Å². The zero-order chi connectivity index (χ0) is 12.6. The first-order valence-corrected chi connectivity index (χ1v) is 6.91. The van der Waals surface area contributed by atoms with E-state index in [0.717, 1.165) is 11.3 Å². The van der Waals surface area contributed by atoms with E-state index in [2.05, 4.69) is 24.3 Å². The Bertz CT molecular complexity index is 488. The summed E-state index contributed by atoms with van der Waals surface area (Å²) >= 11 is 1.79. The number of thioether (sulfide) groups is 1. The van der Waals surface area contributed by atoms with Gasteiger partial charge in [0.15, 0.2) is 0 Å². The van der Waals surface area contributed by atoms with Crippen molar-refractivity contribution in [3.05, 3.63) is 71.8 Å². The minimum absolute atomic E-state index is 0.110. The predicted octanol–water partition coefficient (Wildman–Crippen LogP) is 3.98. The first-order chi connectivity index (χ1) is 8.88. The number of hydrogen-bond acceptors (Lipinski definition) is 2. The van der Waals surface area contributed by atoms with Crippen LogP contribution < -0.4 is 0 Å². The summed E-state index contributed by atoms with van der Waals surface area (Å²) in [7, 11) is 0. The maximum Gasteiger partial charge on any atom is 0.0681 e. The average Bonchev–Trinajstić information content (AvgIpc) is 2.45. The topological polar surface area (TPSA) is 20.2 Å². The van der Waals surface area contributed by atoms with E-state index >= 15 is 0 Å². The van der Waals surface area contributed by atoms with Crippen molar-refractivity contribution < 1.29 is 5.11 Å². The minimum atomic E-state index is 0.110. The van der Waals surface area contributed by atoms with Gasteiger partial charge < -0.3 is 5.11 Å². The van der Waals surface area contributed by atoms with Gasteiger partial charge in [0.2, 0.25) is 0 Å². The summed E-state index contributed by atoms with van der Waals surface area (Å²) in [4.78, 5) is 1.23. The molecular formula is C16H16OS. The Balaban J connectivity index is 1.83. The third kappa shape index (κ3) is 4.06. The molecule has 18 heavy (non-hydrogen) atoms. The summed E-state index contributed by atoms with van der Waals surface area (Å²) in [5.41, 5.74) is 2.19. The van der Waals surface area contributed by atoms with Crippen molar-refractivity contribution in [2.75, 3.05) is 5.75 Å². The molecule has 0 aliphatic heterocycles. The smallest absolute Gasteiger partial charge is 0.0681 e. The van der Waals surface area contributed by atoms with Crippen molar-refractivity contribution in [3.8, 4) is 0 Å². The van der Waals surface area contributed by atoms with E-state index in [1.165, 1.54) is 10.5 Å². The first-order valence-electron chi connectivity index (χ1n) is 5.92. The quantitative estimate of drug-likeness (QED) is 0.816. The van der Waals surface area contributed by atoms with E-state index in [9.17, 15) is 0 Å². The lowest BCUT2D eigenvalue weighted by Crippen LogP contribution is -1.81. The van der Waals surface area contributed by atoms with Gasteiger partial charge in [0.1, 0.15) is 0 Å². The second-order valence-corrected chi connectivity index (χ2v) is 5.02. The van der Waals surface area contributed by atoms with Crippen LogP contribution in [0, 0.1) is 0 Å². The molecule has 0 unspecified atom stereocenters. The lowest BCUT2D eigenvalue weighted by Gasteiger charge is -2.00. The van der Waals surface area contributed by atoms with Crippen molar-refractivity contribution in [3.63, 3.8) is 0 Å². The van der Waals surface area contributed by atoms with Crippen LogP contribution >= 0.6 is 11.8 Å². The van der Waals surface area contributed by atoms with Gasteiger partial charge in [-0.1, -0.05) is 54.6 Å². The fourth-order valence-corrected chi connectivity index (χ4v) is 2.30. The molecule has 2 aromatic carbocycles. The molecule has 0 atom stereocenters. The van der Waals surface area contributed by atoms with Gasteiger partial charge in [0.05, 0.1) is 6.61 Å². The summed E-state index contributed by atoms with van der Waals surface area (Å²) in [5, 5.41) is 8.95. The molecule has 2 heteroatoms. The van der Waals surface area contributed by atoms with Crippen molar-refractivity contribution in [1.29, 1.82) is 0 Å². The molecule has 1 N–H and O–H groups in total. The summed E-state index contributed by atoms with van der Waals surface area (Å²) in [6.07, 6.45) is 4.30. The summed E-state index contributed by atoms with van der Waals surface area (Å²) in [6.45, 7) is 0.110. The highest BCUT2D eigenvalue weighted by molar-refractivity contribution is 7.99. The van der Waals surface area contributed by atoms with Crippen LogP contribution in [-0.2, 0) is 6.61 Å². The molecule has 0 heterocycles. The van der Waals surface area contributed by atoms with E-state index in [4.69, 9.17) is 5.11 Å². The Morgan fingerprint density at radius 3 is 2.33 bits per heavy atom. The normalized spacial score (nSPS) is 10.9. The van der Waals surface area contributed by atoms with E-state index in [-0.39, 0.29) is 6.61 Å². The van der Waals surface area contributed by atoms with E-state index in [1.54, 1.807) is 11.8 Å². The van der Waals surface area contributed by atoms with E-state index in [1.807, 2.05) is 42.5 Å². The fraction of sp³-hybridized carbons (Fsp3) is 0.125. The zero-order valence-electron chi connectivity index (χ0n) is 10.1. The highest BCUT2D eigenvalue weighted by Gasteiger charge is 1.93. The lowest BCUT2D eigenvalue weighted by atomic mass is 10.2. The minimum Gasteiger partial charge on any atom is -0.392 e. The molecule has 2 aromatic rings. The van der Waals surface area contributed by atoms with Crippen LogP contribution in [0.1, 0.15) is 11.1 Å². The molecule has 0 aliphatic carbocycles. The van der Waals surface area contributed by atoms with Crippen LogP contribution in [0.15, 0.2) is 65.6 Å². The predicted molar refractivity (Wildman–Crippen MR) is 78.6 cm³/mol. The monoisotopic (exact) mass is 256 g/mol. The zero-order valence-corrected chi connectivity index (χ0v) is 10.9. The summed E-state index contributed by atoms with van der Waals surface area (Å²) < 4.78 is 0. The second kappa shape index (κ2) is 7.04. The molecule has 0 radical (unpaired) electrons. The molecule has 92 valence electrons. The van der Waals surface area contributed by atoms with Gasteiger partial charge >= 0.3 is 0 Å². The van der Waals surface area contributed by atoms with Crippen LogP contribution in [0.2, 0.25) is 0 Å². The molecular weight excluding hydrogens is 240 g/mol. The van der Waals surface area contributed by atoms with Gasteiger partial charge in [-0.15, -0.1) is 11.8 Å². The van der Waals surface area contributed by atoms with Crippen molar-refractivity contribution in [1.82, 2.24) is 0 Å². The van der Waals surface area contributed by atoms with Crippen LogP contribution in [-0.4, -0.2) is 10.9 Å². The molecule has 0 spiro atoms. The highest BCUT2D eigenvalue weighted by atomic mass is 32.2. The van der Waals surface area contributed by atoms with E-state index in [0.29, 0.717) is 0 Å². The molecule has 1 nitrogen and oxygen atoms in total. The van der Waals surface area contributed by atoms with Gasteiger partial charge in [0, 0.05) is 10.6 Å². The third-order valence-electron chi connectivity index (χ3n) is 2.56. The SMILES string of the molecule is OCc1ccc(SC/C=C/c2ccccc2)cc1. The maximum absolute atomic E-state index is 8.95. The van der Waals surface area contributed by atoms with Gasteiger partial charge in [-0.3, -0.25) is 0 Å². The molecule has 0 aromatic heterocycles. The summed E-state index contributed by atoms with van der Waals surface area (Å²) in [5.74, 6) is 0.952. The molecule has 0 bridgehead atoms. The number of rotatable bonds is 5. The number of benzene rings is 2. The number of aliphatic hydroxyl groups excluding tert-OH is 1. The lowest BCUT2D eigenvalue weighted by molar-refractivity contribution is 0.282. The molecule has 0 saturated heterocycles.